The molecule has 3 heterocycles. The topological polar surface area (TPSA) is 59.9 Å². The van der Waals surface area contributed by atoms with Gasteiger partial charge in [-0.2, -0.15) is 0 Å². The Kier molecular flexibility index (Phi) is 2.78. The number of carbonyl (C=O) groups is 1. The van der Waals surface area contributed by atoms with E-state index in [0.29, 0.717) is 5.69 Å². The summed E-state index contributed by atoms with van der Waals surface area (Å²) in [6, 6.07) is 0. The van der Waals surface area contributed by atoms with E-state index >= 15 is 0 Å². The maximum absolute atomic E-state index is 12.2. The molecule has 2 aliphatic rings. The van der Waals surface area contributed by atoms with Gasteiger partial charge in [-0.1, -0.05) is 0 Å². The lowest BCUT2D eigenvalue weighted by molar-refractivity contribution is 0.0900. The smallest absolute Gasteiger partial charge is 0.185 e. The third-order valence-electron chi connectivity index (χ3n) is 3.75. The van der Waals surface area contributed by atoms with Crippen LogP contribution in [0.4, 0.5) is 0 Å². The molecule has 2 unspecified atom stereocenters. The van der Waals surface area contributed by atoms with Crippen molar-refractivity contribution in [2.75, 3.05) is 0 Å². The molecule has 1 aromatic rings. The molecule has 3 rings (SSSR count). The van der Waals surface area contributed by atoms with Gasteiger partial charge in [-0.3, -0.25) is 14.0 Å². The molecule has 0 N–H and O–H groups in total. The quantitative estimate of drug-likeness (QED) is 0.743. The average molecular weight is 250 g/mol. The van der Waals surface area contributed by atoms with Crippen molar-refractivity contribution in [1.82, 2.24) is 9.97 Å². The number of aromatic nitrogens is 2. The predicted octanol–water partition coefficient (Wildman–Crippen LogP) is 1.35. The minimum Gasteiger partial charge on any atom is -0.292 e. The van der Waals surface area contributed by atoms with Gasteiger partial charge in [0.05, 0.1) is 6.20 Å². The summed E-state index contributed by atoms with van der Waals surface area (Å²) in [4.78, 5) is 20.2. The normalized spacial score (nSPS) is 35.8. The standard InChI is InChI=1S/C12H14N2O2S/c15-12(11-7-13-3-4-14-11)8-5-9-1-2-10(6-8)17(9)16/h3-4,7-10H,1-2,5-6H2. The molecule has 0 radical (unpaired) electrons. The maximum Gasteiger partial charge on any atom is 0.185 e. The monoisotopic (exact) mass is 250 g/mol. The highest BCUT2D eigenvalue weighted by Crippen LogP contribution is 2.39. The van der Waals surface area contributed by atoms with Crippen LogP contribution in [0.25, 0.3) is 0 Å². The molecule has 0 spiro atoms. The number of carbonyl (C=O) groups excluding carboxylic acids is 1. The molecule has 0 saturated carbocycles. The number of hydrogen-bond donors (Lipinski definition) is 0. The Balaban J connectivity index is 1.79. The van der Waals surface area contributed by atoms with Gasteiger partial charge in [0, 0.05) is 39.6 Å². The molecule has 0 amide bonds. The van der Waals surface area contributed by atoms with Gasteiger partial charge in [0.15, 0.2) is 5.78 Å². The van der Waals surface area contributed by atoms with Crippen LogP contribution in [0.15, 0.2) is 18.6 Å². The summed E-state index contributed by atoms with van der Waals surface area (Å²) in [5.74, 6) is 0.0774. The zero-order chi connectivity index (χ0) is 11.8. The summed E-state index contributed by atoms with van der Waals surface area (Å²) in [7, 11) is -0.700. The van der Waals surface area contributed by atoms with Crippen LogP contribution in [0, 0.1) is 5.92 Å². The molecule has 17 heavy (non-hydrogen) atoms. The zero-order valence-electron chi connectivity index (χ0n) is 9.41. The van der Waals surface area contributed by atoms with Gasteiger partial charge >= 0.3 is 0 Å². The fraction of sp³-hybridized carbons (Fsp3) is 0.583. The van der Waals surface area contributed by atoms with Crippen LogP contribution >= 0.6 is 0 Å². The third kappa shape index (κ3) is 1.92. The molecule has 2 bridgehead atoms. The summed E-state index contributed by atoms with van der Waals surface area (Å²) in [5.41, 5.74) is 0.449. The van der Waals surface area contributed by atoms with Crippen LogP contribution in [-0.2, 0) is 10.8 Å². The van der Waals surface area contributed by atoms with Crippen LogP contribution in [0.2, 0.25) is 0 Å². The van der Waals surface area contributed by atoms with E-state index in [1.165, 1.54) is 6.20 Å². The molecular formula is C12H14N2O2S. The van der Waals surface area contributed by atoms with E-state index in [-0.39, 0.29) is 22.2 Å². The van der Waals surface area contributed by atoms with E-state index < -0.39 is 10.8 Å². The molecule has 1 aromatic heterocycles. The third-order valence-corrected chi connectivity index (χ3v) is 5.92. The Morgan fingerprint density at radius 2 is 1.94 bits per heavy atom. The molecule has 0 aliphatic carbocycles. The first kappa shape index (κ1) is 11.0. The number of fused-ring (bicyclic) bond motifs is 2. The van der Waals surface area contributed by atoms with Crippen LogP contribution in [-0.4, -0.2) is 30.5 Å². The van der Waals surface area contributed by atoms with Gasteiger partial charge < -0.3 is 0 Å². The maximum atomic E-state index is 12.2. The lowest BCUT2D eigenvalue weighted by atomic mass is 9.93. The lowest BCUT2D eigenvalue weighted by Crippen LogP contribution is -2.32. The summed E-state index contributed by atoms with van der Waals surface area (Å²) < 4.78 is 11.9. The van der Waals surface area contributed by atoms with Crippen LogP contribution in [0.5, 0.6) is 0 Å². The first-order valence-electron chi connectivity index (χ1n) is 5.95. The van der Waals surface area contributed by atoms with Gasteiger partial charge in [0.25, 0.3) is 0 Å². The highest BCUT2D eigenvalue weighted by atomic mass is 32.2. The van der Waals surface area contributed by atoms with Crippen LogP contribution in [0.3, 0.4) is 0 Å². The van der Waals surface area contributed by atoms with Crippen molar-refractivity contribution in [2.24, 2.45) is 5.92 Å². The van der Waals surface area contributed by atoms with Crippen LogP contribution in [0.1, 0.15) is 36.2 Å². The Bertz CT molecular complexity index is 447. The highest BCUT2D eigenvalue weighted by Gasteiger charge is 2.43. The first-order chi connectivity index (χ1) is 8.25. The zero-order valence-corrected chi connectivity index (χ0v) is 10.2. The summed E-state index contributed by atoms with van der Waals surface area (Å²) in [6.45, 7) is 0. The molecular weight excluding hydrogens is 236 g/mol. The van der Waals surface area contributed by atoms with Crippen LogP contribution < -0.4 is 0 Å². The fourth-order valence-corrected chi connectivity index (χ4v) is 5.01. The van der Waals surface area contributed by atoms with Gasteiger partial charge in [-0.25, -0.2) is 4.98 Å². The van der Waals surface area contributed by atoms with Crippen molar-refractivity contribution >= 4 is 16.6 Å². The second-order valence-electron chi connectivity index (χ2n) is 4.77. The lowest BCUT2D eigenvalue weighted by Gasteiger charge is -2.25. The van der Waals surface area contributed by atoms with E-state index in [0.717, 1.165) is 25.7 Å². The molecule has 4 nitrogen and oxygen atoms in total. The molecule has 2 saturated heterocycles. The number of rotatable bonds is 2. The SMILES string of the molecule is O=C(c1cnccn1)C1CC2CCC(C1)S2=O. The predicted molar refractivity (Wildman–Crippen MR) is 64.0 cm³/mol. The summed E-state index contributed by atoms with van der Waals surface area (Å²) >= 11 is 0. The number of ketones is 1. The summed E-state index contributed by atoms with van der Waals surface area (Å²) in [6.07, 6.45) is 8.19. The molecule has 2 atom stereocenters. The second kappa shape index (κ2) is 4.29. The van der Waals surface area contributed by atoms with E-state index in [1.807, 2.05) is 0 Å². The van der Waals surface area contributed by atoms with Crippen molar-refractivity contribution in [3.05, 3.63) is 24.3 Å². The van der Waals surface area contributed by atoms with E-state index in [1.54, 1.807) is 12.4 Å². The Hall–Kier alpha value is -1.10. The minimum atomic E-state index is -0.700. The van der Waals surface area contributed by atoms with E-state index in [4.69, 9.17) is 0 Å². The number of Topliss-reactive ketones (excluding diaryl/α,β-unsaturated/α-hetero) is 1. The van der Waals surface area contributed by atoms with Crippen molar-refractivity contribution in [3.63, 3.8) is 0 Å². The first-order valence-corrected chi connectivity index (χ1v) is 7.23. The summed E-state index contributed by atoms with van der Waals surface area (Å²) in [5, 5.41) is 0.471. The average Bonchev–Trinajstić information content (AvgIpc) is 2.61. The van der Waals surface area contributed by atoms with Crippen molar-refractivity contribution in [3.8, 4) is 0 Å². The van der Waals surface area contributed by atoms with E-state index in [2.05, 4.69) is 9.97 Å². The second-order valence-corrected chi connectivity index (χ2v) is 6.76. The number of hydrogen-bond acceptors (Lipinski definition) is 4. The minimum absolute atomic E-state index is 0.00176. The molecule has 2 fully saturated rings. The fourth-order valence-electron chi connectivity index (χ4n) is 2.88. The molecule has 90 valence electrons. The van der Waals surface area contributed by atoms with E-state index in [9.17, 15) is 9.00 Å². The molecule has 2 aliphatic heterocycles. The van der Waals surface area contributed by atoms with Gasteiger partial charge in [-0.15, -0.1) is 0 Å². The Labute approximate surface area is 102 Å². The Morgan fingerprint density at radius 3 is 2.53 bits per heavy atom. The largest absolute Gasteiger partial charge is 0.292 e. The van der Waals surface area contributed by atoms with Gasteiger partial charge in [-0.05, 0) is 25.7 Å². The van der Waals surface area contributed by atoms with Gasteiger partial charge in [0.2, 0.25) is 0 Å². The van der Waals surface area contributed by atoms with Crippen molar-refractivity contribution < 1.29 is 9.00 Å². The molecule has 5 heteroatoms. The van der Waals surface area contributed by atoms with Gasteiger partial charge in [0.1, 0.15) is 5.69 Å². The molecule has 0 aromatic carbocycles. The number of nitrogens with zero attached hydrogens (tertiary/aromatic N) is 2. The van der Waals surface area contributed by atoms with Crippen molar-refractivity contribution in [1.29, 1.82) is 0 Å². The highest BCUT2D eigenvalue weighted by molar-refractivity contribution is 7.86. The Morgan fingerprint density at radius 1 is 1.24 bits per heavy atom. The van der Waals surface area contributed by atoms with Crippen molar-refractivity contribution in [2.45, 2.75) is 36.2 Å².